The number of rotatable bonds is 6. The molecule has 1 saturated heterocycles. The molecule has 0 spiro atoms. The van der Waals surface area contributed by atoms with Crippen molar-refractivity contribution in [1.82, 2.24) is 5.32 Å². The molecule has 1 amide bonds. The fraction of sp³-hybridized carbons (Fsp3) is 0.467. The summed E-state index contributed by atoms with van der Waals surface area (Å²) in [5.74, 6) is -0.989. The molecular formula is C15H20N2O6S. The van der Waals surface area contributed by atoms with E-state index in [9.17, 15) is 18.0 Å². The highest BCUT2D eigenvalue weighted by Gasteiger charge is 2.25. The van der Waals surface area contributed by atoms with Crippen molar-refractivity contribution in [3.8, 4) is 0 Å². The average Bonchev–Trinajstić information content (AvgIpc) is 3.06. The molecule has 0 unspecified atom stereocenters. The second kappa shape index (κ2) is 7.73. The molecule has 0 aliphatic carbocycles. The Morgan fingerprint density at radius 2 is 2.04 bits per heavy atom. The van der Waals surface area contributed by atoms with Crippen LogP contribution in [-0.4, -0.2) is 39.6 Å². The van der Waals surface area contributed by atoms with Gasteiger partial charge < -0.3 is 14.8 Å². The number of hydrogen-bond acceptors (Lipinski definition) is 6. The second-order valence-electron chi connectivity index (χ2n) is 5.51. The van der Waals surface area contributed by atoms with Crippen molar-refractivity contribution in [2.75, 3.05) is 13.2 Å². The number of primary sulfonamides is 1. The molecule has 1 aliphatic rings. The van der Waals surface area contributed by atoms with Crippen LogP contribution in [0.5, 0.6) is 0 Å². The van der Waals surface area contributed by atoms with E-state index in [1.54, 1.807) is 19.1 Å². The molecule has 24 heavy (non-hydrogen) atoms. The number of carbonyl (C=O) groups excluding carboxylic acids is 2. The van der Waals surface area contributed by atoms with Gasteiger partial charge in [0.25, 0.3) is 5.91 Å². The minimum atomic E-state index is -3.75. The lowest BCUT2D eigenvalue weighted by atomic mass is 10.1. The van der Waals surface area contributed by atoms with Gasteiger partial charge in [0.05, 0.1) is 10.9 Å². The number of carbonyl (C=O) groups is 2. The maximum absolute atomic E-state index is 11.8. The molecule has 1 aromatic rings. The minimum Gasteiger partial charge on any atom is -0.454 e. The Hall–Kier alpha value is -1.97. The first-order valence-electron chi connectivity index (χ1n) is 7.48. The monoisotopic (exact) mass is 356 g/mol. The molecule has 2 atom stereocenters. The molecule has 3 N–H and O–H groups in total. The normalized spacial score (nSPS) is 18.8. The molecule has 1 aromatic carbocycles. The van der Waals surface area contributed by atoms with Crippen molar-refractivity contribution in [3.05, 3.63) is 29.8 Å². The van der Waals surface area contributed by atoms with Gasteiger partial charge in [-0.1, -0.05) is 12.1 Å². The van der Waals surface area contributed by atoms with Gasteiger partial charge in [-0.15, -0.1) is 0 Å². The zero-order valence-corrected chi connectivity index (χ0v) is 14.0. The minimum absolute atomic E-state index is 0.00438. The Bertz CT molecular complexity index is 695. The quantitative estimate of drug-likeness (QED) is 0.703. The van der Waals surface area contributed by atoms with Crippen LogP contribution in [-0.2, 0) is 29.1 Å². The summed E-state index contributed by atoms with van der Waals surface area (Å²) in [5.41, 5.74) is 0.696. The van der Waals surface area contributed by atoms with Crippen LogP contribution < -0.4 is 10.5 Å². The van der Waals surface area contributed by atoms with Crippen LogP contribution in [0.1, 0.15) is 31.4 Å². The van der Waals surface area contributed by atoms with Gasteiger partial charge in [-0.3, -0.25) is 4.79 Å². The molecule has 8 nitrogen and oxygen atoms in total. The summed E-state index contributed by atoms with van der Waals surface area (Å²) < 4.78 is 32.5. The fourth-order valence-electron chi connectivity index (χ4n) is 2.31. The number of amides is 1. The molecule has 2 rings (SSSR count). The standard InChI is InChI=1S/C15H20N2O6S/c1-10(11-4-6-12(7-5-11)24(16,20)21)17-14(18)9-23-15(19)13-3-2-8-22-13/h4-7,10,13H,2-3,8-9H2,1H3,(H,17,18)(H2,16,20,21)/t10-,13+/m0/s1. The number of nitrogens with two attached hydrogens (primary N) is 1. The first-order chi connectivity index (χ1) is 11.3. The van der Waals surface area contributed by atoms with Crippen molar-refractivity contribution in [2.45, 2.75) is 36.8 Å². The maximum Gasteiger partial charge on any atom is 0.335 e. The summed E-state index contributed by atoms with van der Waals surface area (Å²) in [6.07, 6.45) is 0.825. The Kier molecular flexibility index (Phi) is 5.92. The zero-order valence-electron chi connectivity index (χ0n) is 13.2. The van der Waals surface area contributed by atoms with Gasteiger partial charge >= 0.3 is 5.97 Å². The highest BCUT2D eigenvalue weighted by Crippen LogP contribution is 2.16. The van der Waals surface area contributed by atoms with Crippen molar-refractivity contribution in [3.63, 3.8) is 0 Å². The number of nitrogens with one attached hydrogen (secondary N) is 1. The van der Waals surface area contributed by atoms with Crippen LogP contribution in [0.25, 0.3) is 0 Å². The van der Waals surface area contributed by atoms with E-state index in [1.807, 2.05) is 0 Å². The van der Waals surface area contributed by atoms with E-state index in [4.69, 9.17) is 14.6 Å². The van der Waals surface area contributed by atoms with E-state index in [0.717, 1.165) is 6.42 Å². The molecule has 0 aromatic heterocycles. The molecule has 132 valence electrons. The molecule has 1 aliphatic heterocycles. The third kappa shape index (κ3) is 5.02. The molecule has 9 heteroatoms. The molecule has 1 fully saturated rings. The number of benzene rings is 1. The van der Waals surface area contributed by atoms with E-state index >= 15 is 0 Å². The lowest BCUT2D eigenvalue weighted by Crippen LogP contribution is -2.33. The van der Waals surface area contributed by atoms with E-state index in [2.05, 4.69) is 5.32 Å². The van der Waals surface area contributed by atoms with Gasteiger partial charge in [0.15, 0.2) is 12.7 Å². The summed E-state index contributed by atoms with van der Waals surface area (Å²) >= 11 is 0. The van der Waals surface area contributed by atoms with E-state index in [1.165, 1.54) is 12.1 Å². The van der Waals surface area contributed by atoms with Crippen molar-refractivity contribution in [1.29, 1.82) is 0 Å². The van der Waals surface area contributed by atoms with Crippen molar-refractivity contribution < 1.29 is 27.5 Å². The van der Waals surface area contributed by atoms with Crippen LogP contribution in [0, 0.1) is 0 Å². The largest absolute Gasteiger partial charge is 0.454 e. The number of hydrogen-bond donors (Lipinski definition) is 2. The smallest absolute Gasteiger partial charge is 0.335 e. The summed E-state index contributed by atoms with van der Waals surface area (Å²) in [7, 11) is -3.75. The maximum atomic E-state index is 11.8. The van der Waals surface area contributed by atoms with Gasteiger partial charge in [-0.25, -0.2) is 18.4 Å². The third-order valence-corrected chi connectivity index (χ3v) is 4.55. The summed E-state index contributed by atoms with van der Waals surface area (Å²) in [4.78, 5) is 23.5. The first-order valence-corrected chi connectivity index (χ1v) is 9.02. The average molecular weight is 356 g/mol. The molecule has 0 saturated carbocycles. The highest BCUT2D eigenvalue weighted by atomic mass is 32.2. The second-order valence-corrected chi connectivity index (χ2v) is 7.07. The van der Waals surface area contributed by atoms with Crippen LogP contribution >= 0.6 is 0 Å². The molecule has 1 heterocycles. The summed E-state index contributed by atoms with van der Waals surface area (Å²) in [6.45, 7) is 1.86. The molecule has 0 radical (unpaired) electrons. The number of sulfonamides is 1. The summed E-state index contributed by atoms with van der Waals surface area (Å²) in [6, 6.07) is 5.47. The van der Waals surface area contributed by atoms with E-state index in [-0.39, 0.29) is 10.9 Å². The Morgan fingerprint density at radius 1 is 1.38 bits per heavy atom. The summed E-state index contributed by atoms with van der Waals surface area (Å²) in [5, 5.41) is 7.69. The fourth-order valence-corrected chi connectivity index (χ4v) is 2.82. The predicted molar refractivity (Wildman–Crippen MR) is 84.3 cm³/mol. The van der Waals surface area contributed by atoms with Crippen LogP contribution in [0.2, 0.25) is 0 Å². The van der Waals surface area contributed by atoms with E-state index < -0.39 is 34.6 Å². The predicted octanol–water partition coefficient (Wildman–Crippen LogP) is 0.233. The van der Waals surface area contributed by atoms with Crippen molar-refractivity contribution in [2.24, 2.45) is 5.14 Å². The highest BCUT2D eigenvalue weighted by molar-refractivity contribution is 7.89. The van der Waals surface area contributed by atoms with Crippen LogP contribution in [0.4, 0.5) is 0 Å². The van der Waals surface area contributed by atoms with Gasteiger partial charge in [0, 0.05) is 6.61 Å². The topological polar surface area (TPSA) is 125 Å². The first kappa shape index (κ1) is 18.4. The third-order valence-electron chi connectivity index (χ3n) is 3.62. The van der Waals surface area contributed by atoms with Crippen LogP contribution in [0.15, 0.2) is 29.2 Å². The zero-order chi connectivity index (χ0) is 17.7. The number of ether oxygens (including phenoxy) is 2. The number of esters is 1. The SMILES string of the molecule is C[C@H](NC(=O)COC(=O)[C@H]1CCCO1)c1ccc(S(N)(=O)=O)cc1. The Labute approximate surface area is 140 Å². The van der Waals surface area contributed by atoms with Crippen molar-refractivity contribution >= 4 is 21.9 Å². The van der Waals surface area contributed by atoms with E-state index in [0.29, 0.717) is 18.6 Å². The molecule has 0 bridgehead atoms. The van der Waals surface area contributed by atoms with Crippen LogP contribution in [0.3, 0.4) is 0 Å². The lowest BCUT2D eigenvalue weighted by molar-refractivity contribution is -0.157. The molecular weight excluding hydrogens is 336 g/mol. The van der Waals surface area contributed by atoms with Gasteiger partial charge in [0.1, 0.15) is 0 Å². The Balaban J connectivity index is 1.83. The Morgan fingerprint density at radius 3 is 2.58 bits per heavy atom. The lowest BCUT2D eigenvalue weighted by Gasteiger charge is -2.15. The van der Waals surface area contributed by atoms with Gasteiger partial charge in [-0.05, 0) is 37.5 Å². The van der Waals surface area contributed by atoms with Gasteiger partial charge in [0.2, 0.25) is 10.0 Å². The van der Waals surface area contributed by atoms with Gasteiger partial charge in [-0.2, -0.15) is 0 Å².